The molecule has 0 radical (unpaired) electrons. The van der Waals surface area contributed by atoms with Gasteiger partial charge in [-0.2, -0.15) is 0 Å². The molecule has 0 bridgehead atoms. The number of nitrogens with one attached hydrogen (secondary N) is 1. The molecule has 1 aromatic rings. The van der Waals surface area contributed by atoms with E-state index in [9.17, 15) is 9.59 Å². The number of aromatic nitrogens is 1. The van der Waals surface area contributed by atoms with E-state index >= 15 is 0 Å². The number of amides is 2. The number of hydrogen-bond acceptors (Lipinski definition) is 5. The Morgan fingerprint density at radius 3 is 2.56 bits per heavy atom. The highest BCUT2D eigenvalue weighted by molar-refractivity contribution is 5.79. The van der Waals surface area contributed by atoms with E-state index in [4.69, 9.17) is 5.73 Å². The molecule has 1 aromatic heterocycles. The maximum atomic E-state index is 12.7. The van der Waals surface area contributed by atoms with Crippen LogP contribution in [0.5, 0.6) is 0 Å². The Hall–Kier alpha value is -1.99. The van der Waals surface area contributed by atoms with Crippen molar-refractivity contribution in [1.29, 1.82) is 0 Å². The highest BCUT2D eigenvalue weighted by atomic mass is 16.2. The van der Waals surface area contributed by atoms with Crippen LogP contribution in [0, 0.1) is 5.92 Å². The highest BCUT2D eigenvalue weighted by Crippen LogP contribution is 2.24. The third kappa shape index (κ3) is 5.74. The first-order valence-corrected chi connectivity index (χ1v) is 10.1. The van der Waals surface area contributed by atoms with Crippen LogP contribution in [0.4, 0.5) is 0 Å². The summed E-state index contributed by atoms with van der Waals surface area (Å²) in [6.07, 6.45) is 8.96. The Bertz CT molecular complexity index is 610. The molecule has 1 unspecified atom stereocenters. The minimum absolute atomic E-state index is 0.0185. The average Bonchev–Trinajstić information content (AvgIpc) is 2.70. The van der Waals surface area contributed by atoms with Gasteiger partial charge in [0.15, 0.2) is 0 Å². The van der Waals surface area contributed by atoms with Crippen molar-refractivity contribution in [3.8, 4) is 0 Å². The molecule has 3 heterocycles. The van der Waals surface area contributed by atoms with Gasteiger partial charge in [-0.05, 0) is 63.5 Å². The van der Waals surface area contributed by atoms with Gasteiger partial charge in [-0.3, -0.25) is 24.4 Å². The first-order valence-electron chi connectivity index (χ1n) is 10.1. The standard InChI is InChI=1S/C20H31N5O2/c21-19(26)15-24-11-6-16(7-12-24)20(27)23-14-18(17-5-4-8-22-13-17)25-9-2-1-3-10-25/h4-5,8,13,16,18H,1-3,6-7,9-12,14-15H2,(H2,21,26)(H,23,27). The molecule has 0 aliphatic carbocycles. The molecule has 7 heteroatoms. The summed E-state index contributed by atoms with van der Waals surface area (Å²) in [4.78, 5) is 32.5. The molecule has 3 N–H and O–H groups in total. The number of piperidine rings is 2. The van der Waals surface area contributed by atoms with E-state index in [1.165, 1.54) is 19.3 Å². The van der Waals surface area contributed by atoms with Gasteiger partial charge in [0.1, 0.15) is 0 Å². The van der Waals surface area contributed by atoms with Gasteiger partial charge in [0.2, 0.25) is 11.8 Å². The zero-order valence-electron chi connectivity index (χ0n) is 16.0. The van der Waals surface area contributed by atoms with Crippen LogP contribution in [0.15, 0.2) is 24.5 Å². The number of carbonyl (C=O) groups is 2. The van der Waals surface area contributed by atoms with Crippen molar-refractivity contribution in [3.05, 3.63) is 30.1 Å². The summed E-state index contributed by atoms with van der Waals surface area (Å²) < 4.78 is 0. The van der Waals surface area contributed by atoms with E-state index in [1.54, 1.807) is 6.20 Å². The fraction of sp³-hybridized carbons (Fsp3) is 0.650. The van der Waals surface area contributed by atoms with E-state index in [2.05, 4.69) is 21.3 Å². The maximum Gasteiger partial charge on any atom is 0.231 e. The SMILES string of the molecule is NC(=O)CN1CCC(C(=O)NCC(c2cccnc2)N2CCCCC2)CC1. The van der Waals surface area contributed by atoms with Gasteiger partial charge in [-0.25, -0.2) is 0 Å². The molecule has 148 valence electrons. The summed E-state index contributed by atoms with van der Waals surface area (Å²) >= 11 is 0. The summed E-state index contributed by atoms with van der Waals surface area (Å²) in [5.41, 5.74) is 6.42. The third-order valence-electron chi connectivity index (χ3n) is 5.71. The molecule has 0 spiro atoms. The van der Waals surface area contributed by atoms with Crippen molar-refractivity contribution >= 4 is 11.8 Å². The molecule has 27 heavy (non-hydrogen) atoms. The number of nitrogens with zero attached hydrogens (tertiary/aromatic N) is 3. The number of nitrogens with two attached hydrogens (primary N) is 1. The van der Waals surface area contributed by atoms with Crippen LogP contribution in [-0.4, -0.2) is 65.9 Å². The Morgan fingerprint density at radius 1 is 1.19 bits per heavy atom. The van der Waals surface area contributed by atoms with Gasteiger partial charge in [-0.15, -0.1) is 0 Å². The molecule has 0 saturated carbocycles. The lowest BCUT2D eigenvalue weighted by Gasteiger charge is -2.35. The van der Waals surface area contributed by atoms with Crippen LogP contribution in [0.25, 0.3) is 0 Å². The van der Waals surface area contributed by atoms with Gasteiger partial charge in [-0.1, -0.05) is 12.5 Å². The van der Waals surface area contributed by atoms with E-state index in [-0.39, 0.29) is 30.3 Å². The van der Waals surface area contributed by atoms with Gasteiger partial charge < -0.3 is 11.1 Å². The van der Waals surface area contributed by atoms with Gasteiger partial charge in [0, 0.05) is 24.9 Å². The normalized spacial score (nSPS) is 20.9. The second-order valence-electron chi connectivity index (χ2n) is 7.66. The summed E-state index contributed by atoms with van der Waals surface area (Å²) in [6, 6.07) is 4.24. The van der Waals surface area contributed by atoms with Gasteiger partial charge in [0.25, 0.3) is 0 Å². The molecule has 3 rings (SSSR count). The molecular weight excluding hydrogens is 342 g/mol. The van der Waals surface area contributed by atoms with Crippen LogP contribution >= 0.6 is 0 Å². The lowest BCUT2D eigenvalue weighted by atomic mass is 9.95. The number of rotatable bonds is 7. The first-order chi connectivity index (χ1) is 13.1. The molecular formula is C20H31N5O2. The molecule has 0 aromatic carbocycles. The molecule has 2 amide bonds. The quantitative estimate of drug-likeness (QED) is 0.742. The molecule has 7 nitrogen and oxygen atoms in total. The zero-order valence-corrected chi connectivity index (χ0v) is 16.0. The van der Waals surface area contributed by atoms with E-state index in [0.717, 1.165) is 44.6 Å². The topological polar surface area (TPSA) is 91.6 Å². The minimum Gasteiger partial charge on any atom is -0.369 e. The molecule has 2 aliphatic heterocycles. The Morgan fingerprint density at radius 2 is 1.93 bits per heavy atom. The molecule has 2 aliphatic rings. The van der Waals surface area contributed by atoms with Crippen LogP contribution in [-0.2, 0) is 9.59 Å². The minimum atomic E-state index is -0.307. The zero-order chi connectivity index (χ0) is 19.1. The van der Waals surface area contributed by atoms with Gasteiger partial charge >= 0.3 is 0 Å². The number of primary amides is 1. The van der Waals surface area contributed by atoms with Crippen molar-refractivity contribution in [2.24, 2.45) is 11.7 Å². The largest absolute Gasteiger partial charge is 0.369 e. The second-order valence-corrected chi connectivity index (χ2v) is 7.66. The van der Waals surface area contributed by atoms with Crippen molar-refractivity contribution in [3.63, 3.8) is 0 Å². The number of hydrogen-bond donors (Lipinski definition) is 2. The van der Waals surface area contributed by atoms with Crippen LogP contribution in [0.1, 0.15) is 43.7 Å². The van der Waals surface area contributed by atoms with E-state index in [0.29, 0.717) is 6.54 Å². The lowest BCUT2D eigenvalue weighted by Crippen LogP contribution is -2.45. The smallest absolute Gasteiger partial charge is 0.231 e. The molecule has 2 saturated heterocycles. The predicted molar refractivity (Wildman–Crippen MR) is 104 cm³/mol. The Labute approximate surface area is 161 Å². The van der Waals surface area contributed by atoms with Crippen LogP contribution in [0.2, 0.25) is 0 Å². The fourth-order valence-electron chi connectivity index (χ4n) is 4.18. The summed E-state index contributed by atoms with van der Waals surface area (Å²) in [5, 5.41) is 3.19. The first kappa shape index (κ1) is 19.8. The van der Waals surface area contributed by atoms with Crippen molar-refractivity contribution in [1.82, 2.24) is 20.1 Å². The van der Waals surface area contributed by atoms with Crippen LogP contribution < -0.4 is 11.1 Å². The monoisotopic (exact) mass is 373 g/mol. The summed E-state index contributed by atoms with van der Waals surface area (Å²) in [7, 11) is 0. The van der Waals surface area contributed by atoms with E-state index in [1.807, 2.05) is 17.2 Å². The molecule has 2 fully saturated rings. The van der Waals surface area contributed by atoms with E-state index < -0.39 is 0 Å². The highest BCUT2D eigenvalue weighted by Gasteiger charge is 2.27. The number of carbonyl (C=O) groups excluding carboxylic acids is 2. The third-order valence-corrected chi connectivity index (χ3v) is 5.71. The number of pyridine rings is 1. The fourth-order valence-corrected chi connectivity index (χ4v) is 4.18. The number of likely N-dealkylation sites (tertiary alicyclic amines) is 2. The van der Waals surface area contributed by atoms with Crippen molar-refractivity contribution in [2.45, 2.75) is 38.1 Å². The lowest BCUT2D eigenvalue weighted by molar-refractivity contribution is -0.126. The second kappa shape index (κ2) is 9.80. The molecule has 1 atom stereocenters. The van der Waals surface area contributed by atoms with Crippen molar-refractivity contribution in [2.75, 3.05) is 39.3 Å². The predicted octanol–water partition coefficient (Wildman–Crippen LogP) is 0.922. The van der Waals surface area contributed by atoms with Crippen molar-refractivity contribution < 1.29 is 9.59 Å². The summed E-state index contributed by atoms with van der Waals surface area (Å²) in [6.45, 7) is 4.54. The average molecular weight is 374 g/mol. The van der Waals surface area contributed by atoms with Crippen LogP contribution in [0.3, 0.4) is 0 Å². The maximum absolute atomic E-state index is 12.7. The Kier molecular flexibility index (Phi) is 7.18. The summed E-state index contributed by atoms with van der Waals surface area (Å²) in [5.74, 6) is -0.164. The Balaban J connectivity index is 1.54. The van der Waals surface area contributed by atoms with Gasteiger partial charge in [0.05, 0.1) is 12.6 Å².